The van der Waals surface area contributed by atoms with Gasteiger partial charge in [0, 0.05) is 19.0 Å². The van der Waals surface area contributed by atoms with Crippen molar-refractivity contribution >= 4 is 11.8 Å². The molecule has 0 aromatic carbocycles. The van der Waals surface area contributed by atoms with E-state index in [1.807, 2.05) is 13.8 Å². The van der Waals surface area contributed by atoms with Crippen LogP contribution in [0.25, 0.3) is 0 Å². The molecule has 102 valence electrons. The Kier molecular flexibility index (Phi) is 4.22. The van der Waals surface area contributed by atoms with Crippen molar-refractivity contribution in [2.24, 2.45) is 11.8 Å². The number of hydrogen-bond donors (Lipinski definition) is 2. The number of hydrazine groups is 1. The van der Waals surface area contributed by atoms with Crippen LogP contribution in [0.3, 0.4) is 0 Å². The summed E-state index contributed by atoms with van der Waals surface area (Å²) >= 11 is 0. The molecule has 2 aliphatic rings. The Bertz CT molecular complexity index is 332. The fourth-order valence-corrected chi connectivity index (χ4v) is 3.18. The highest BCUT2D eigenvalue weighted by atomic mass is 16.2. The summed E-state index contributed by atoms with van der Waals surface area (Å²) in [6.07, 6.45) is 4.13. The van der Waals surface area contributed by atoms with Crippen LogP contribution in [-0.4, -0.2) is 36.0 Å². The molecule has 0 aromatic rings. The van der Waals surface area contributed by atoms with Gasteiger partial charge in [-0.2, -0.15) is 0 Å². The zero-order chi connectivity index (χ0) is 13.1. The van der Waals surface area contributed by atoms with E-state index in [2.05, 4.69) is 10.7 Å². The zero-order valence-corrected chi connectivity index (χ0v) is 11.2. The Morgan fingerprint density at radius 1 is 1.39 bits per heavy atom. The van der Waals surface area contributed by atoms with Crippen LogP contribution in [0.4, 0.5) is 0 Å². The lowest BCUT2D eigenvalue weighted by Crippen LogP contribution is -2.65. The molecule has 3 atom stereocenters. The van der Waals surface area contributed by atoms with Crippen molar-refractivity contribution in [2.45, 2.75) is 45.6 Å². The van der Waals surface area contributed by atoms with Gasteiger partial charge in [-0.05, 0) is 32.6 Å². The van der Waals surface area contributed by atoms with Gasteiger partial charge >= 0.3 is 0 Å². The average Bonchev–Trinajstić information content (AvgIpc) is 2.40. The summed E-state index contributed by atoms with van der Waals surface area (Å²) in [5.41, 5.74) is 3.11. The van der Waals surface area contributed by atoms with Gasteiger partial charge < -0.3 is 5.32 Å². The van der Waals surface area contributed by atoms with E-state index in [0.717, 1.165) is 25.7 Å². The number of nitrogens with zero attached hydrogens (tertiary/aromatic N) is 1. The normalized spacial score (nSPS) is 32.0. The zero-order valence-electron chi connectivity index (χ0n) is 11.2. The van der Waals surface area contributed by atoms with Crippen molar-refractivity contribution in [3.8, 4) is 0 Å². The van der Waals surface area contributed by atoms with Crippen LogP contribution in [0.2, 0.25) is 0 Å². The van der Waals surface area contributed by atoms with Crippen LogP contribution in [-0.2, 0) is 9.59 Å². The molecule has 5 heteroatoms. The molecule has 2 N–H and O–H groups in total. The second-order valence-corrected chi connectivity index (χ2v) is 5.14. The monoisotopic (exact) mass is 253 g/mol. The first-order chi connectivity index (χ1) is 8.69. The summed E-state index contributed by atoms with van der Waals surface area (Å²) in [6, 6.07) is -0.243. The van der Waals surface area contributed by atoms with E-state index in [1.54, 1.807) is 5.01 Å². The maximum Gasteiger partial charge on any atom is 0.240 e. The molecule has 3 unspecified atom stereocenters. The summed E-state index contributed by atoms with van der Waals surface area (Å²) in [6.45, 7) is 5.09. The molecular weight excluding hydrogens is 230 g/mol. The van der Waals surface area contributed by atoms with Crippen LogP contribution < -0.4 is 10.7 Å². The Morgan fingerprint density at radius 2 is 2.11 bits per heavy atom. The van der Waals surface area contributed by atoms with E-state index < -0.39 is 0 Å². The molecule has 2 fully saturated rings. The molecule has 1 aliphatic carbocycles. The average molecular weight is 253 g/mol. The van der Waals surface area contributed by atoms with Crippen molar-refractivity contribution < 1.29 is 9.59 Å². The second kappa shape index (κ2) is 5.69. The van der Waals surface area contributed by atoms with E-state index in [-0.39, 0.29) is 29.7 Å². The van der Waals surface area contributed by atoms with E-state index in [1.165, 1.54) is 0 Å². The third-order valence-corrected chi connectivity index (χ3v) is 4.08. The minimum atomic E-state index is -0.243. The number of carbonyl (C=O) groups is 2. The van der Waals surface area contributed by atoms with E-state index in [4.69, 9.17) is 0 Å². The molecule has 5 nitrogen and oxygen atoms in total. The van der Waals surface area contributed by atoms with Gasteiger partial charge in [0.25, 0.3) is 0 Å². The molecule has 0 spiro atoms. The third-order valence-electron chi connectivity index (χ3n) is 4.08. The van der Waals surface area contributed by atoms with Crippen LogP contribution in [0.5, 0.6) is 0 Å². The summed E-state index contributed by atoms with van der Waals surface area (Å²) in [5.74, 6) is 0.399. The quantitative estimate of drug-likeness (QED) is 0.777. The molecule has 0 radical (unpaired) electrons. The van der Waals surface area contributed by atoms with Gasteiger partial charge in [0.1, 0.15) is 6.04 Å². The summed E-state index contributed by atoms with van der Waals surface area (Å²) in [4.78, 5) is 24.4. The van der Waals surface area contributed by atoms with Crippen LogP contribution in [0, 0.1) is 11.8 Å². The predicted molar refractivity (Wildman–Crippen MR) is 68.4 cm³/mol. The number of rotatable bonds is 3. The smallest absolute Gasteiger partial charge is 0.240 e. The van der Waals surface area contributed by atoms with Crippen molar-refractivity contribution in [3.63, 3.8) is 0 Å². The molecule has 18 heavy (non-hydrogen) atoms. The molecule has 1 heterocycles. The first kappa shape index (κ1) is 13.3. The van der Waals surface area contributed by atoms with Crippen LogP contribution in [0.15, 0.2) is 0 Å². The topological polar surface area (TPSA) is 61.4 Å². The molecule has 1 saturated heterocycles. The molecule has 2 rings (SSSR count). The van der Waals surface area contributed by atoms with E-state index >= 15 is 0 Å². The largest absolute Gasteiger partial charge is 0.355 e. The summed E-state index contributed by atoms with van der Waals surface area (Å²) in [5, 5.41) is 4.49. The van der Waals surface area contributed by atoms with Gasteiger partial charge in [-0.15, -0.1) is 0 Å². The molecule has 2 amide bonds. The number of fused-ring (bicyclic) bond motifs is 1. The minimum absolute atomic E-state index is 0.0281. The van der Waals surface area contributed by atoms with Crippen LogP contribution >= 0.6 is 0 Å². The first-order valence-electron chi connectivity index (χ1n) is 7.04. The lowest BCUT2D eigenvalue weighted by Gasteiger charge is -2.44. The molecule has 0 aromatic heterocycles. The number of nitrogens with one attached hydrogen (secondary N) is 2. The Balaban J connectivity index is 2.17. The van der Waals surface area contributed by atoms with Gasteiger partial charge in [-0.3, -0.25) is 14.6 Å². The van der Waals surface area contributed by atoms with Gasteiger partial charge in [0.05, 0.1) is 0 Å². The molecule has 0 bridgehead atoms. The van der Waals surface area contributed by atoms with Crippen molar-refractivity contribution in [2.75, 3.05) is 13.1 Å². The summed E-state index contributed by atoms with van der Waals surface area (Å²) in [7, 11) is 0. The highest BCUT2D eigenvalue weighted by molar-refractivity contribution is 5.87. The third kappa shape index (κ3) is 2.36. The van der Waals surface area contributed by atoms with Gasteiger partial charge in [-0.25, -0.2) is 5.43 Å². The standard InChI is InChI=1S/C13H23N3O2/c1-3-14-12(17)11-9-7-5-6-8-10(9)13(18)16(4-2)15-11/h9-11,15H,3-8H2,1-2H3,(H,14,17). The summed E-state index contributed by atoms with van der Waals surface area (Å²) < 4.78 is 0. The highest BCUT2D eigenvalue weighted by Crippen LogP contribution is 2.36. The molecular formula is C13H23N3O2. The Labute approximate surface area is 108 Å². The Morgan fingerprint density at radius 3 is 2.78 bits per heavy atom. The van der Waals surface area contributed by atoms with Crippen molar-refractivity contribution in [1.29, 1.82) is 0 Å². The van der Waals surface area contributed by atoms with Crippen molar-refractivity contribution in [1.82, 2.24) is 15.8 Å². The lowest BCUT2D eigenvalue weighted by molar-refractivity contribution is -0.153. The van der Waals surface area contributed by atoms with Gasteiger partial charge in [0.2, 0.25) is 11.8 Å². The Hall–Kier alpha value is -1.10. The highest BCUT2D eigenvalue weighted by Gasteiger charge is 2.45. The SMILES string of the molecule is CCNC(=O)C1NN(CC)C(=O)C2CCCCC21. The number of hydrogen-bond acceptors (Lipinski definition) is 3. The maximum absolute atomic E-state index is 12.2. The second-order valence-electron chi connectivity index (χ2n) is 5.14. The minimum Gasteiger partial charge on any atom is -0.355 e. The van der Waals surface area contributed by atoms with Crippen molar-refractivity contribution in [3.05, 3.63) is 0 Å². The number of carbonyl (C=O) groups excluding carboxylic acids is 2. The lowest BCUT2D eigenvalue weighted by atomic mass is 9.73. The fourth-order valence-electron chi connectivity index (χ4n) is 3.18. The van der Waals surface area contributed by atoms with E-state index in [9.17, 15) is 9.59 Å². The number of likely N-dealkylation sites (N-methyl/N-ethyl adjacent to an activating group) is 1. The fraction of sp³-hybridized carbons (Fsp3) is 0.846. The predicted octanol–water partition coefficient (Wildman–Crippen LogP) is 0.664. The van der Waals surface area contributed by atoms with Crippen LogP contribution in [0.1, 0.15) is 39.5 Å². The maximum atomic E-state index is 12.2. The first-order valence-corrected chi connectivity index (χ1v) is 7.04. The molecule has 1 aliphatic heterocycles. The van der Waals surface area contributed by atoms with Gasteiger partial charge in [-0.1, -0.05) is 12.8 Å². The number of amides is 2. The molecule has 1 saturated carbocycles. The van der Waals surface area contributed by atoms with E-state index in [0.29, 0.717) is 13.1 Å². The van der Waals surface area contributed by atoms with Gasteiger partial charge in [0.15, 0.2) is 0 Å².